The Morgan fingerprint density at radius 2 is 0.905 bits per heavy atom. The van der Waals surface area contributed by atoms with E-state index in [4.69, 9.17) is 9.47 Å². The highest BCUT2D eigenvalue weighted by molar-refractivity contribution is 5.69. The molecule has 0 aromatic heterocycles. The molecule has 0 aromatic rings. The summed E-state index contributed by atoms with van der Waals surface area (Å²) in [7, 11) is 0. The standard InChI is InChI=1S/C38H74O4/c1-7-11-26-34(9-3)31-41-37(39)29-25-23-21-19-17-15-13-14-16-18-20-22-24-28-36(33(5)6)30-38(40)42-32-35(10-4)27-12-8-2/h33-36H,7-32H2,1-6H3. The molecular weight excluding hydrogens is 520 g/mol. The van der Waals surface area contributed by atoms with Gasteiger partial charge in [-0.25, -0.2) is 0 Å². The van der Waals surface area contributed by atoms with Gasteiger partial charge in [0.05, 0.1) is 13.2 Å². The van der Waals surface area contributed by atoms with Crippen molar-refractivity contribution in [3.63, 3.8) is 0 Å². The van der Waals surface area contributed by atoms with Gasteiger partial charge in [0, 0.05) is 12.8 Å². The summed E-state index contributed by atoms with van der Waals surface area (Å²) in [5.41, 5.74) is 0. The number of unbranched alkanes of at least 4 members (excludes halogenated alkanes) is 14. The Morgan fingerprint density at radius 1 is 0.500 bits per heavy atom. The molecule has 0 N–H and O–H groups in total. The van der Waals surface area contributed by atoms with Crippen molar-refractivity contribution in [2.24, 2.45) is 23.7 Å². The van der Waals surface area contributed by atoms with Gasteiger partial charge in [0.2, 0.25) is 0 Å². The molecule has 0 heterocycles. The summed E-state index contributed by atoms with van der Waals surface area (Å²) in [5, 5.41) is 0. The molecule has 0 fully saturated rings. The van der Waals surface area contributed by atoms with Crippen LogP contribution in [0.15, 0.2) is 0 Å². The van der Waals surface area contributed by atoms with Gasteiger partial charge in [0.25, 0.3) is 0 Å². The van der Waals surface area contributed by atoms with Gasteiger partial charge >= 0.3 is 11.9 Å². The molecule has 0 aliphatic heterocycles. The van der Waals surface area contributed by atoms with Crippen LogP contribution < -0.4 is 0 Å². The lowest BCUT2D eigenvalue weighted by atomic mass is 9.87. The van der Waals surface area contributed by atoms with E-state index in [1.54, 1.807) is 0 Å². The fourth-order valence-electron chi connectivity index (χ4n) is 5.85. The molecule has 42 heavy (non-hydrogen) atoms. The Labute approximate surface area is 263 Å². The smallest absolute Gasteiger partial charge is 0.306 e. The maximum Gasteiger partial charge on any atom is 0.306 e. The second-order valence-electron chi connectivity index (χ2n) is 13.5. The van der Waals surface area contributed by atoms with Crippen LogP contribution in [0.2, 0.25) is 0 Å². The first-order valence-electron chi connectivity index (χ1n) is 18.7. The zero-order valence-corrected chi connectivity index (χ0v) is 29.3. The van der Waals surface area contributed by atoms with Crippen molar-refractivity contribution in [3.05, 3.63) is 0 Å². The first-order valence-corrected chi connectivity index (χ1v) is 18.7. The van der Waals surface area contributed by atoms with Crippen LogP contribution in [0.25, 0.3) is 0 Å². The molecule has 0 bridgehead atoms. The van der Waals surface area contributed by atoms with Crippen molar-refractivity contribution in [2.45, 2.75) is 196 Å². The van der Waals surface area contributed by atoms with E-state index in [0.717, 1.165) is 32.1 Å². The third-order valence-corrected chi connectivity index (χ3v) is 9.37. The normalized spacial score (nSPS) is 13.7. The number of hydrogen-bond acceptors (Lipinski definition) is 4. The molecule has 0 spiro atoms. The highest BCUT2D eigenvalue weighted by Crippen LogP contribution is 2.24. The van der Waals surface area contributed by atoms with E-state index in [0.29, 0.717) is 49.7 Å². The largest absolute Gasteiger partial charge is 0.465 e. The second-order valence-corrected chi connectivity index (χ2v) is 13.5. The average Bonchev–Trinajstić information content (AvgIpc) is 2.98. The average molecular weight is 595 g/mol. The molecule has 0 radical (unpaired) electrons. The number of hydrogen-bond donors (Lipinski definition) is 0. The van der Waals surface area contributed by atoms with Crippen LogP contribution in [-0.2, 0) is 19.1 Å². The molecule has 0 aromatic carbocycles. The summed E-state index contributed by atoms with van der Waals surface area (Å²) in [4.78, 5) is 24.4. The van der Waals surface area contributed by atoms with Crippen LogP contribution in [0.5, 0.6) is 0 Å². The van der Waals surface area contributed by atoms with Crippen LogP contribution in [-0.4, -0.2) is 25.2 Å². The van der Waals surface area contributed by atoms with E-state index in [-0.39, 0.29) is 11.9 Å². The lowest BCUT2D eigenvalue weighted by Gasteiger charge is -2.21. The van der Waals surface area contributed by atoms with Gasteiger partial charge in [-0.2, -0.15) is 0 Å². The van der Waals surface area contributed by atoms with Gasteiger partial charge in [-0.1, -0.05) is 157 Å². The van der Waals surface area contributed by atoms with Crippen molar-refractivity contribution < 1.29 is 19.1 Å². The van der Waals surface area contributed by atoms with Gasteiger partial charge in [0.1, 0.15) is 0 Å². The molecule has 0 aliphatic carbocycles. The summed E-state index contributed by atoms with van der Waals surface area (Å²) in [6.45, 7) is 14.6. The highest BCUT2D eigenvalue weighted by Gasteiger charge is 2.19. The molecule has 0 saturated carbocycles. The Hall–Kier alpha value is -1.06. The Balaban J connectivity index is 3.64. The molecule has 4 heteroatoms. The second kappa shape index (κ2) is 30.0. The van der Waals surface area contributed by atoms with Crippen molar-refractivity contribution in [1.82, 2.24) is 0 Å². The fraction of sp³-hybridized carbons (Fsp3) is 0.947. The van der Waals surface area contributed by atoms with Crippen LogP contribution in [0.4, 0.5) is 0 Å². The van der Waals surface area contributed by atoms with Gasteiger partial charge in [0.15, 0.2) is 0 Å². The summed E-state index contributed by atoms with van der Waals surface area (Å²) < 4.78 is 11.2. The van der Waals surface area contributed by atoms with Gasteiger partial charge in [-0.05, 0) is 49.4 Å². The zero-order chi connectivity index (χ0) is 31.3. The first kappa shape index (κ1) is 40.9. The first-order chi connectivity index (χ1) is 20.4. The third kappa shape index (κ3) is 25.4. The van der Waals surface area contributed by atoms with Crippen molar-refractivity contribution in [3.8, 4) is 0 Å². The zero-order valence-electron chi connectivity index (χ0n) is 29.3. The highest BCUT2D eigenvalue weighted by atomic mass is 16.5. The molecule has 250 valence electrons. The summed E-state index contributed by atoms with van der Waals surface area (Å²) >= 11 is 0. The molecular formula is C38H74O4. The Morgan fingerprint density at radius 3 is 1.31 bits per heavy atom. The van der Waals surface area contributed by atoms with E-state index >= 15 is 0 Å². The lowest BCUT2D eigenvalue weighted by Crippen LogP contribution is -2.19. The quantitative estimate of drug-likeness (QED) is 0.0591. The topological polar surface area (TPSA) is 52.6 Å². The monoisotopic (exact) mass is 595 g/mol. The van der Waals surface area contributed by atoms with Crippen LogP contribution in [0, 0.1) is 23.7 Å². The Kier molecular flexibility index (Phi) is 29.2. The number of carbonyl (C=O) groups excluding carboxylic acids is 2. The van der Waals surface area contributed by atoms with E-state index in [1.807, 2.05) is 0 Å². The molecule has 0 saturated heterocycles. The molecule has 0 rings (SSSR count). The minimum atomic E-state index is 0.00275. The maximum atomic E-state index is 12.5. The van der Waals surface area contributed by atoms with E-state index < -0.39 is 0 Å². The predicted molar refractivity (Wildman–Crippen MR) is 181 cm³/mol. The summed E-state index contributed by atoms with van der Waals surface area (Å²) in [5.74, 6) is 2.08. The van der Waals surface area contributed by atoms with Crippen LogP contribution in [0.3, 0.4) is 0 Å². The predicted octanol–water partition coefficient (Wildman–Crippen LogP) is 12.0. The number of carbonyl (C=O) groups is 2. The van der Waals surface area contributed by atoms with Gasteiger partial charge < -0.3 is 9.47 Å². The van der Waals surface area contributed by atoms with Gasteiger partial charge in [-0.3, -0.25) is 9.59 Å². The number of esters is 2. The summed E-state index contributed by atoms with van der Waals surface area (Å²) in [6.07, 6.45) is 28.4. The van der Waals surface area contributed by atoms with E-state index in [9.17, 15) is 9.59 Å². The van der Waals surface area contributed by atoms with Gasteiger partial charge in [-0.15, -0.1) is 0 Å². The third-order valence-electron chi connectivity index (χ3n) is 9.37. The SMILES string of the molecule is CCCCC(CC)COC(=O)CCCCCCCCCCCCCCCC(CC(=O)OCC(CC)CCCC)C(C)C. The maximum absolute atomic E-state index is 12.5. The van der Waals surface area contributed by atoms with Crippen molar-refractivity contribution >= 4 is 11.9 Å². The number of ether oxygens (including phenoxy) is 2. The van der Waals surface area contributed by atoms with Crippen molar-refractivity contribution in [2.75, 3.05) is 13.2 Å². The number of rotatable bonds is 31. The summed E-state index contributed by atoms with van der Waals surface area (Å²) in [6, 6.07) is 0. The molecule has 0 aliphatic rings. The molecule has 4 nitrogen and oxygen atoms in total. The molecule has 3 unspecified atom stereocenters. The van der Waals surface area contributed by atoms with E-state index in [2.05, 4.69) is 41.5 Å². The minimum absolute atomic E-state index is 0.00275. The Bertz CT molecular complexity index is 602. The van der Waals surface area contributed by atoms with Crippen LogP contribution >= 0.6 is 0 Å². The fourth-order valence-corrected chi connectivity index (χ4v) is 5.85. The molecule has 3 atom stereocenters. The van der Waals surface area contributed by atoms with E-state index in [1.165, 1.54) is 109 Å². The molecule has 0 amide bonds. The minimum Gasteiger partial charge on any atom is -0.465 e. The lowest BCUT2D eigenvalue weighted by molar-refractivity contribution is -0.147. The van der Waals surface area contributed by atoms with Crippen molar-refractivity contribution in [1.29, 1.82) is 0 Å². The van der Waals surface area contributed by atoms with Crippen LogP contribution in [0.1, 0.15) is 196 Å².